The number of nitrogens with one attached hydrogen (secondary N) is 1. The van der Waals surface area contributed by atoms with Gasteiger partial charge in [0.25, 0.3) is 0 Å². The van der Waals surface area contributed by atoms with Crippen LogP contribution >= 0.6 is 0 Å². The highest BCUT2D eigenvalue weighted by Crippen LogP contribution is 2.40. The number of rotatable bonds is 1. The normalized spacial score (nSPS) is 38.0. The van der Waals surface area contributed by atoms with Crippen LogP contribution in [0.5, 0.6) is 0 Å². The van der Waals surface area contributed by atoms with E-state index >= 15 is 0 Å². The van der Waals surface area contributed by atoms with E-state index in [4.69, 9.17) is 4.84 Å². The fourth-order valence-corrected chi connectivity index (χ4v) is 2.49. The highest BCUT2D eigenvalue weighted by molar-refractivity contribution is 5.12. The van der Waals surface area contributed by atoms with E-state index in [1.807, 2.05) is 6.20 Å². The fourth-order valence-electron chi connectivity index (χ4n) is 2.49. The Balaban J connectivity index is 1.91. The van der Waals surface area contributed by atoms with Gasteiger partial charge in [-0.05, 0) is 25.0 Å². The molecule has 0 aliphatic carbocycles. The van der Waals surface area contributed by atoms with Gasteiger partial charge in [0.05, 0.1) is 12.6 Å². The first kappa shape index (κ1) is 7.59. The quantitative estimate of drug-likeness (QED) is 0.709. The number of nitrogens with zero attached hydrogens (tertiary/aromatic N) is 1. The standard InChI is InChI=1S/C10H14N2O/c1-4-9(11-5-1)10-8-3-2-6-12(10)13-7-8/h1,4-5,8,10-11H,2-3,6-7H2. The Kier molecular flexibility index (Phi) is 1.67. The zero-order valence-electron chi connectivity index (χ0n) is 7.57. The van der Waals surface area contributed by atoms with E-state index in [-0.39, 0.29) is 0 Å². The van der Waals surface area contributed by atoms with Crippen LogP contribution in [0.15, 0.2) is 18.3 Å². The van der Waals surface area contributed by atoms with Gasteiger partial charge in [-0.15, -0.1) is 0 Å². The minimum absolute atomic E-state index is 0.490. The molecule has 1 N–H and O–H groups in total. The maximum atomic E-state index is 5.63. The lowest BCUT2D eigenvalue weighted by Crippen LogP contribution is -2.30. The number of aromatic amines is 1. The average Bonchev–Trinajstić information content (AvgIpc) is 2.72. The van der Waals surface area contributed by atoms with Gasteiger partial charge in [0.1, 0.15) is 0 Å². The summed E-state index contributed by atoms with van der Waals surface area (Å²) in [5, 5.41) is 2.14. The summed E-state index contributed by atoms with van der Waals surface area (Å²) in [4.78, 5) is 8.91. The molecule has 0 spiro atoms. The third-order valence-corrected chi connectivity index (χ3v) is 3.11. The van der Waals surface area contributed by atoms with Crippen molar-refractivity contribution in [3.05, 3.63) is 24.0 Å². The van der Waals surface area contributed by atoms with E-state index < -0.39 is 0 Å². The molecule has 3 heterocycles. The van der Waals surface area contributed by atoms with E-state index in [0.717, 1.165) is 13.2 Å². The van der Waals surface area contributed by atoms with Crippen LogP contribution in [-0.2, 0) is 4.84 Å². The zero-order valence-corrected chi connectivity index (χ0v) is 7.57. The first-order chi connectivity index (χ1) is 6.45. The van der Waals surface area contributed by atoms with E-state index in [2.05, 4.69) is 22.2 Å². The third-order valence-electron chi connectivity index (χ3n) is 3.11. The minimum atomic E-state index is 0.490. The summed E-state index contributed by atoms with van der Waals surface area (Å²) in [6.45, 7) is 1.99. The summed E-state index contributed by atoms with van der Waals surface area (Å²) in [6, 6.07) is 4.71. The van der Waals surface area contributed by atoms with Crippen molar-refractivity contribution < 1.29 is 4.84 Å². The molecular formula is C10H14N2O. The number of H-pyrrole nitrogens is 1. The first-order valence-electron chi connectivity index (χ1n) is 4.98. The van der Waals surface area contributed by atoms with Crippen molar-refractivity contribution in [1.82, 2.24) is 10.0 Å². The van der Waals surface area contributed by atoms with E-state index in [0.29, 0.717) is 12.0 Å². The molecule has 3 heteroatoms. The molecule has 3 atom stereocenters. The number of hydrogen-bond acceptors (Lipinski definition) is 2. The Morgan fingerprint density at radius 3 is 3.31 bits per heavy atom. The van der Waals surface area contributed by atoms with Gasteiger partial charge in [-0.25, -0.2) is 0 Å². The van der Waals surface area contributed by atoms with Gasteiger partial charge in [0.15, 0.2) is 0 Å². The van der Waals surface area contributed by atoms with E-state index in [9.17, 15) is 0 Å². The number of piperidine rings is 1. The predicted octanol–water partition coefficient (Wildman–Crippen LogP) is 1.71. The SMILES string of the molecule is c1c[nH]c(C2C3CCCN2OC3)c1. The summed E-state index contributed by atoms with van der Waals surface area (Å²) >= 11 is 0. The molecule has 2 saturated heterocycles. The molecule has 2 aliphatic heterocycles. The summed E-state index contributed by atoms with van der Waals surface area (Å²) in [6.07, 6.45) is 4.58. The largest absolute Gasteiger partial charge is 0.364 e. The molecular weight excluding hydrogens is 164 g/mol. The van der Waals surface area contributed by atoms with Crippen LogP contribution in [0.25, 0.3) is 0 Å². The van der Waals surface area contributed by atoms with Crippen LogP contribution in [0.4, 0.5) is 0 Å². The van der Waals surface area contributed by atoms with Crippen molar-refractivity contribution in [3.8, 4) is 0 Å². The number of fused-ring (bicyclic) bond motifs is 2. The molecule has 2 bridgehead atoms. The van der Waals surface area contributed by atoms with Crippen molar-refractivity contribution in [2.75, 3.05) is 13.2 Å². The molecule has 1 aromatic heterocycles. The Bertz CT molecular complexity index is 267. The Morgan fingerprint density at radius 1 is 1.54 bits per heavy atom. The van der Waals surface area contributed by atoms with Gasteiger partial charge in [0.2, 0.25) is 0 Å². The van der Waals surface area contributed by atoms with Crippen LogP contribution in [0.2, 0.25) is 0 Å². The molecule has 2 fully saturated rings. The minimum Gasteiger partial charge on any atom is -0.364 e. The Hall–Kier alpha value is -0.800. The second-order valence-corrected chi connectivity index (χ2v) is 3.91. The maximum absolute atomic E-state index is 5.63. The molecule has 2 aliphatic rings. The zero-order chi connectivity index (χ0) is 8.67. The summed E-state index contributed by atoms with van der Waals surface area (Å²) in [5.74, 6) is 0.701. The molecule has 1 aromatic rings. The highest BCUT2D eigenvalue weighted by atomic mass is 16.7. The number of hydrogen-bond donors (Lipinski definition) is 1. The number of aromatic nitrogens is 1. The molecule has 0 aromatic carbocycles. The lowest BCUT2D eigenvalue weighted by atomic mass is 9.91. The van der Waals surface area contributed by atoms with E-state index in [1.54, 1.807) is 0 Å². The first-order valence-corrected chi connectivity index (χ1v) is 4.98. The smallest absolute Gasteiger partial charge is 0.0802 e. The van der Waals surface area contributed by atoms with Crippen molar-refractivity contribution in [2.24, 2.45) is 5.92 Å². The average molecular weight is 178 g/mol. The summed E-state index contributed by atoms with van der Waals surface area (Å²) in [5.41, 5.74) is 1.31. The Morgan fingerprint density at radius 2 is 2.54 bits per heavy atom. The van der Waals surface area contributed by atoms with Crippen LogP contribution in [0.1, 0.15) is 24.6 Å². The van der Waals surface area contributed by atoms with Gasteiger partial charge < -0.3 is 4.98 Å². The molecule has 0 amide bonds. The molecule has 3 unspecified atom stereocenters. The third kappa shape index (κ3) is 1.11. The lowest BCUT2D eigenvalue weighted by molar-refractivity contribution is -0.135. The van der Waals surface area contributed by atoms with Crippen LogP contribution < -0.4 is 0 Å². The van der Waals surface area contributed by atoms with Crippen molar-refractivity contribution >= 4 is 0 Å². The molecule has 0 radical (unpaired) electrons. The monoisotopic (exact) mass is 178 g/mol. The van der Waals surface area contributed by atoms with Crippen LogP contribution in [0.3, 0.4) is 0 Å². The molecule has 3 nitrogen and oxygen atoms in total. The fraction of sp³-hybridized carbons (Fsp3) is 0.600. The molecule has 0 saturated carbocycles. The van der Waals surface area contributed by atoms with Crippen molar-refractivity contribution in [3.63, 3.8) is 0 Å². The topological polar surface area (TPSA) is 28.3 Å². The summed E-state index contributed by atoms with van der Waals surface area (Å²) < 4.78 is 0. The molecule has 70 valence electrons. The highest BCUT2D eigenvalue weighted by Gasteiger charge is 2.39. The van der Waals surface area contributed by atoms with E-state index in [1.165, 1.54) is 18.5 Å². The van der Waals surface area contributed by atoms with Gasteiger partial charge in [-0.1, -0.05) is 0 Å². The Labute approximate surface area is 77.6 Å². The van der Waals surface area contributed by atoms with Crippen LogP contribution in [0, 0.1) is 5.92 Å². The van der Waals surface area contributed by atoms with Gasteiger partial charge in [0, 0.05) is 24.4 Å². The van der Waals surface area contributed by atoms with Gasteiger partial charge >= 0.3 is 0 Å². The predicted molar refractivity (Wildman–Crippen MR) is 48.9 cm³/mol. The maximum Gasteiger partial charge on any atom is 0.0802 e. The van der Waals surface area contributed by atoms with Crippen molar-refractivity contribution in [1.29, 1.82) is 0 Å². The van der Waals surface area contributed by atoms with Gasteiger partial charge in [-0.2, -0.15) is 5.06 Å². The second kappa shape index (κ2) is 2.86. The van der Waals surface area contributed by atoms with Crippen molar-refractivity contribution in [2.45, 2.75) is 18.9 Å². The second-order valence-electron chi connectivity index (χ2n) is 3.91. The lowest BCUT2D eigenvalue weighted by Gasteiger charge is -2.29. The molecule has 3 rings (SSSR count). The van der Waals surface area contributed by atoms with Gasteiger partial charge in [-0.3, -0.25) is 4.84 Å². The van der Waals surface area contributed by atoms with Crippen LogP contribution in [-0.4, -0.2) is 23.2 Å². The number of hydroxylamine groups is 2. The molecule has 13 heavy (non-hydrogen) atoms. The summed E-state index contributed by atoms with van der Waals surface area (Å²) in [7, 11) is 0.